The van der Waals surface area contributed by atoms with E-state index in [1.165, 1.54) is 19.3 Å². The number of rotatable bonds is 3. The molecule has 126 valence electrons. The van der Waals surface area contributed by atoms with Crippen molar-refractivity contribution < 1.29 is 18.9 Å². The van der Waals surface area contributed by atoms with E-state index < -0.39 is 0 Å². The fraction of sp³-hybridized carbons (Fsp3) is 1.00. The molecule has 8 aliphatic rings. The van der Waals surface area contributed by atoms with Crippen molar-refractivity contribution in [1.82, 2.24) is 0 Å². The predicted octanol–water partition coefficient (Wildman–Crippen LogP) is 2.55. The summed E-state index contributed by atoms with van der Waals surface area (Å²) in [5, 5.41) is 0. The minimum absolute atomic E-state index is 0.0374. The molecule has 23 heavy (non-hydrogen) atoms. The summed E-state index contributed by atoms with van der Waals surface area (Å²) in [6.45, 7) is 5.30. The van der Waals surface area contributed by atoms with Crippen LogP contribution in [-0.2, 0) is 18.9 Å². The van der Waals surface area contributed by atoms with Crippen LogP contribution in [0.25, 0.3) is 0 Å². The van der Waals surface area contributed by atoms with E-state index in [0.717, 1.165) is 38.3 Å². The first-order valence-corrected chi connectivity index (χ1v) is 10.2. The van der Waals surface area contributed by atoms with Crippen LogP contribution in [0.15, 0.2) is 0 Å². The fourth-order valence-electron chi connectivity index (χ4n) is 9.02. The molecule has 6 saturated carbocycles. The van der Waals surface area contributed by atoms with Gasteiger partial charge in [-0.1, -0.05) is 35.7 Å². The standard InChI is InChI=1S/C18H23BrO4/c1-2-3-4-15-9-11-10(15)13-14(17(15)20-5-6-21-17)12(9)16(11,19)18(13)22-7-8-23-18/h9-14H,2-8H2,1H3/t9-,10-,11-,12-,13-,14-,15+,16+/m1/s1. The monoisotopic (exact) mass is 382 g/mol. The Morgan fingerprint density at radius 1 is 0.783 bits per heavy atom. The first-order chi connectivity index (χ1) is 11.2. The van der Waals surface area contributed by atoms with Gasteiger partial charge in [-0.3, -0.25) is 0 Å². The number of ether oxygens (including phenoxy) is 4. The lowest BCUT2D eigenvalue weighted by atomic mass is 9.34. The highest BCUT2D eigenvalue weighted by Gasteiger charge is 3.07. The number of unbranched alkanes of at least 4 members (excludes halogenated alkanes) is 1. The third kappa shape index (κ3) is 0.898. The van der Waals surface area contributed by atoms with Crippen LogP contribution in [-0.4, -0.2) is 42.3 Å². The number of halogens is 1. The van der Waals surface area contributed by atoms with E-state index in [2.05, 4.69) is 22.9 Å². The van der Waals surface area contributed by atoms with Crippen molar-refractivity contribution in [2.24, 2.45) is 40.9 Å². The summed E-state index contributed by atoms with van der Waals surface area (Å²) < 4.78 is 25.7. The van der Waals surface area contributed by atoms with Gasteiger partial charge >= 0.3 is 0 Å². The summed E-state index contributed by atoms with van der Waals surface area (Å²) in [5.74, 6) is 3.01. The Labute approximate surface area is 144 Å². The highest BCUT2D eigenvalue weighted by Crippen LogP contribution is 3.01. The van der Waals surface area contributed by atoms with Gasteiger partial charge in [-0.25, -0.2) is 0 Å². The van der Waals surface area contributed by atoms with Crippen molar-refractivity contribution in [3.8, 4) is 0 Å². The van der Waals surface area contributed by atoms with Crippen molar-refractivity contribution >= 4 is 15.9 Å². The Morgan fingerprint density at radius 3 is 1.96 bits per heavy atom. The lowest BCUT2D eigenvalue weighted by Crippen LogP contribution is -2.75. The van der Waals surface area contributed by atoms with Gasteiger partial charge in [0.05, 0.1) is 30.8 Å². The van der Waals surface area contributed by atoms with Crippen LogP contribution < -0.4 is 0 Å². The first-order valence-electron chi connectivity index (χ1n) is 9.45. The van der Waals surface area contributed by atoms with Crippen LogP contribution in [0.5, 0.6) is 0 Å². The van der Waals surface area contributed by atoms with E-state index in [1.807, 2.05) is 0 Å². The molecule has 0 radical (unpaired) electrons. The average molecular weight is 383 g/mol. The maximum absolute atomic E-state index is 6.48. The molecule has 8 rings (SSSR count). The molecule has 2 spiro atoms. The molecule has 0 aromatic heterocycles. The normalized spacial score (nSPS) is 63.4. The molecule has 2 heterocycles. The van der Waals surface area contributed by atoms with Gasteiger partial charge in [0.15, 0.2) is 11.6 Å². The van der Waals surface area contributed by atoms with E-state index in [9.17, 15) is 0 Å². The summed E-state index contributed by atoms with van der Waals surface area (Å²) in [7, 11) is 0. The molecule has 8 atom stereocenters. The molecular weight excluding hydrogens is 360 g/mol. The molecule has 0 unspecified atom stereocenters. The second kappa shape index (κ2) is 3.57. The Bertz CT molecular complexity index is 612. The summed E-state index contributed by atoms with van der Waals surface area (Å²) in [6, 6.07) is 0. The lowest BCUT2D eigenvalue weighted by molar-refractivity contribution is -0.300. The topological polar surface area (TPSA) is 36.9 Å². The van der Waals surface area contributed by atoms with Crippen LogP contribution in [0.2, 0.25) is 0 Å². The van der Waals surface area contributed by atoms with E-state index in [0.29, 0.717) is 23.7 Å². The van der Waals surface area contributed by atoms with Crippen LogP contribution in [0.1, 0.15) is 26.2 Å². The van der Waals surface area contributed by atoms with Gasteiger partial charge in [0.25, 0.3) is 0 Å². The second-order valence-electron chi connectivity index (χ2n) is 8.80. The molecule has 0 aromatic carbocycles. The Morgan fingerprint density at radius 2 is 1.30 bits per heavy atom. The molecule has 0 N–H and O–H groups in total. The zero-order valence-corrected chi connectivity index (χ0v) is 15.0. The maximum Gasteiger partial charge on any atom is 0.187 e. The molecule has 6 aliphatic carbocycles. The van der Waals surface area contributed by atoms with Crippen molar-refractivity contribution in [2.45, 2.75) is 42.1 Å². The van der Waals surface area contributed by atoms with Crippen LogP contribution >= 0.6 is 15.9 Å². The summed E-state index contributed by atoms with van der Waals surface area (Å²) in [6.07, 6.45) is 3.79. The minimum Gasteiger partial charge on any atom is -0.347 e. The highest BCUT2D eigenvalue weighted by atomic mass is 79.9. The van der Waals surface area contributed by atoms with Crippen LogP contribution in [0, 0.1) is 40.9 Å². The molecule has 0 aromatic rings. The molecule has 4 bridgehead atoms. The van der Waals surface area contributed by atoms with Crippen molar-refractivity contribution in [2.75, 3.05) is 26.4 Å². The van der Waals surface area contributed by atoms with Gasteiger partial charge in [-0.15, -0.1) is 0 Å². The summed E-state index contributed by atoms with van der Waals surface area (Å²) in [4.78, 5) is 0. The summed E-state index contributed by atoms with van der Waals surface area (Å²) >= 11 is 4.19. The molecule has 5 heteroatoms. The average Bonchev–Trinajstić information content (AvgIpc) is 3.31. The Kier molecular flexibility index (Phi) is 2.10. The van der Waals surface area contributed by atoms with Crippen molar-refractivity contribution in [3.05, 3.63) is 0 Å². The van der Waals surface area contributed by atoms with Gasteiger partial charge in [0.1, 0.15) is 0 Å². The Balaban J connectivity index is 1.44. The zero-order valence-electron chi connectivity index (χ0n) is 13.4. The third-order valence-electron chi connectivity index (χ3n) is 8.92. The van der Waals surface area contributed by atoms with Gasteiger partial charge in [-0.2, -0.15) is 0 Å². The second-order valence-corrected chi connectivity index (χ2v) is 10.1. The van der Waals surface area contributed by atoms with Crippen molar-refractivity contribution in [3.63, 3.8) is 0 Å². The van der Waals surface area contributed by atoms with Gasteiger partial charge in [0.2, 0.25) is 0 Å². The van der Waals surface area contributed by atoms with E-state index in [1.54, 1.807) is 0 Å². The summed E-state index contributed by atoms with van der Waals surface area (Å²) in [5.41, 5.74) is 0.250. The Hall–Kier alpha value is 0.320. The third-order valence-corrected chi connectivity index (χ3v) is 10.5. The quantitative estimate of drug-likeness (QED) is 0.702. The van der Waals surface area contributed by atoms with Crippen molar-refractivity contribution in [1.29, 1.82) is 0 Å². The van der Waals surface area contributed by atoms with Gasteiger partial charge in [0, 0.05) is 17.3 Å². The molecule has 2 saturated heterocycles. The molecule has 0 amide bonds. The largest absolute Gasteiger partial charge is 0.347 e. The van der Waals surface area contributed by atoms with Gasteiger partial charge < -0.3 is 18.9 Å². The minimum atomic E-state index is -0.388. The predicted molar refractivity (Wildman–Crippen MR) is 83.8 cm³/mol. The SMILES string of the molecule is CCCC[C@]12[C@@H]3[C@@H]4[C@@H]1[C@@H]1[C@@H]([C@@H]3[C@]4(Br)C13OCCO3)C21OCCO1. The van der Waals surface area contributed by atoms with E-state index >= 15 is 0 Å². The van der Waals surface area contributed by atoms with Crippen LogP contribution in [0.4, 0.5) is 0 Å². The fourth-order valence-corrected chi connectivity index (χ4v) is 10.7. The van der Waals surface area contributed by atoms with E-state index in [-0.39, 0.29) is 21.3 Å². The number of alkyl halides is 1. The first kappa shape index (κ1) is 13.5. The highest BCUT2D eigenvalue weighted by molar-refractivity contribution is 9.10. The number of hydrogen-bond donors (Lipinski definition) is 0. The van der Waals surface area contributed by atoms with E-state index in [4.69, 9.17) is 18.9 Å². The number of hydrogen-bond acceptors (Lipinski definition) is 4. The molecule has 2 aliphatic heterocycles. The zero-order chi connectivity index (χ0) is 15.2. The molecular formula is C18H23BrO4. The molecule has 4 nitrogen and oxygen atoms in total. The smallest absolute Gasteiger partial charge is 0.187 e. The lowest BCUT2D eigenvalue weighted by Gasteiger charge is -2.72. The van der Waals surface area contributed by atoms with Crippen LogP contribution in [0.3, 0.4) is 0 Å². The molecule has 8 fully saturated rings. The maximum atomic E-state index is 6.48. The van der Waals surface area contributed by atoms with Gasteiger partial charge in [-0.05, 0) is 30.1 Å².